The lowest BCUT2D eigenvalue weighted by atomic mass is 10.2. The molecular weight excluding hydrogens is 152 g/mol. The number of thioether (sulfide) groups is 1. The summed E-state index contributed by atoms with van der Waals surface area (Å²) in [5.74, 6) is 1.16. The highest BCUT2D eigenvalue weighted by molar-refractivity contribution is 7.99. The summed E-state index contributed by atoms with van der Waals surface area (Å²) in [5, 5.41) is 0. The summed E-state index contributed by atoms with van der Waals surface area (Å²) in [5.41, 5.74) is 2.74. The summed E-state index contributed by atoms with van der Waals surface area (Å²) >= 11 is 1.92. The molecule has 1 heteroatoms. The fourth-order valence-corrected chi connectivity index (χ4v) is 1.89. The Morgan fingerprint density at radius 3 is 2.64 bits per heavy atom. The Balaban J connectivity index is 2.93. The number of rotatable bonds is 2. The summed E-state index contributed by atoms with van der Waals surface area (Å²) in [4.78, 5) is 1.42. The van der Waals surface area contributed by atoms with Gasteiger partial charge in [0.25, 0.3) is 0 Å². The molecule has 0 atom stereocenters. The van der Waals surface area contributed by atoms with Crippen molar-refractivity contribution >= 4 is 11.8 Å². The van der Waals surface area contributed by atoms with Crippen molar-refractivity contribution in [3.05, 3.63) is 29.3 Å². The van der Waals surface area contributed by atoms with Crippen molar-refractivity contribution in [2.45, 2.75) is 25.7 Å². The highest BCUT2D eigenvalue weighted by atomic mass is 32.2. The first-order chi connectivity index (χ1) is 5.24. The number of hydrogen-bond acceptors (Lipinski definition) is 1. The molecule has 0 aliphatic rings. The van der Waals surface area contributed by atoms with Crippen LogP contribution in [0.2, 0.25) is 0 Å². The average Bonchev–Trinajstić information content (AvgIpc) is 1.98. The van der Waals surface area contributed by atoms with Crippen LogP contribution < -0.4 is 0 Å². The van der Waals surface area contributed by atoms with E-state index in [4.69, 9.17) is 0 Å². The van der Waals surface area contributed by atoms with E-state index >= 15 is 0 Å². The molecule has 1 rings (SSSR count). The van der Waals surface area contributed by atoms with E-state index in [-0.39, 0.29) is 0 Å². The summed E-state index contributed by atoms with van der Waals surface area (Å²) < 4.78 is 0. The van der Waals surface area contributed by atoms with Crippen molar-refractivity contribution in [2.24, 2.45) is 0 Å². The topological polar surface area (TPSA) is 0 Å². The molecule has 0 aliphatic carbocycles. The molecule has 0 nitrogen and oxygen atoms in total. The van der Waals surface area contributed by atoms with Crippen molar-refractivity contribution in [1.82, 2.24) is 0 Å². The molecule has 60 valence electrons. The first-order valence-electron chi connectivity index (χ1n) is 3.94. The van der Waals surface area contributed by atoms with Crippen LogP contribution in [-0.2, 0) is 0 Å². The van der Waals surface area contributed by atoms with Gasteiger partial charge in [-0.25, -0.2) is 0 Å². The van der Waals surface area contributed by atoms with Gasteiger partial charge in [-0.3, -0.25) is 0 Å². The lowest BCUT2D eigenvalue weighted by molar-refractivity contribution is 1.26. The van der Waals surface area contributed by atoms with Crippen molar-refractivity contribution < 1.29 is 0 Å². The molecule has 0 saturated heterocycles. The van der Waals surface area contributed by atoms with Gasteiger partial charge in [0.2, 0.25) is 0 Å². The molecule has 0 unspecified atom stereocenters. The Morgan fingerprint density at radius 2 is 2.00 bits per heavy atom. The van der Waals surface area contributed by atoms with Crippen molar-refractivity contribution in [2.75, 3.05) is 5.75 Å². The van der Waals surface area contributed by atoms with Crippen LogP contribution in [0.3, 0.4) is 0 Å². The zero-order chi connectivity index (χ0) is 8.27. The molecule has 0 bridgehead atoms. The van der Waals surface area contributed by atoms with E-state index in [1.165, 1.54) is 16.0 Å². The van der Waals surface area contributed by atoms with Gasteiger partial charge in [-0.05, 0) is 31.2 Å². The molecule has 0 saturated carbocycles. The first-order valence-corrected chi connectivity index (χ1v) is 4.92. The van der Waals surface area contributed by atoms with Crippen LogP contribution in [0.15, 0.2) is 23.1 Å². The third-order valence-corrected chi connectivity index (χ3v) is 2.68. The van der Waals surface area contributed by atoms with Crippen molar-refractivity contribution in [3.8, 4) is 0 Å². The van der Waals surface area contributed by atoms with Gasteiger partial charge in [-0.2, -0.15) is 0 Å². The van der Waals surface area contributed by atoms with E-state index in [0.29, 0.717) is 0 Å². The maximum atomic E-state index is 2.25. The van der Waals surface area contributed by atoms with E-state index in [0.717, 1.165) is 5.75 Å². The Bertz CT molecular complexity index is 241. The van der Waals surface area contributed by atoms with Gasteiger partial charge in [0.05, 0.1) is 0 Å². The number of benzene rings is 1. The SMILES string of the molecule is CCSc1cc(C)ccc1C. The van der Waals surface area contributed by atoms with Crippen LogP contribution in [0.1, 0.15) is 18.1 Å². The molecule has 1 aromatic carbocycles. The molecule has 1 aromatic rings. The van der Waals surface area contributed by atoms with Gasteiger partial charge in [0.15, 0.2) is 0 Å². The fraction of sp³-hybridized carbons (Fsp3) is 0.400. The molecule has 0 fully saturated rings. The van der Waals surface area contributed by atoms with Crippen LogP contribution in [0, 0.1) is 13.8 Å². The normalized spacial score (nSPS) is 10.1. The molecule has 0 N–H and O–H groups in total. The Labute approximate surface area is 73.0 Å². The van der Waals surface area contributed by atoms with Crippen molar-refractivity contribution in [3.63, 3.8) is 0 Å². The molecular formula is C10H14S. The maximum absolute atomic E-state index is 2.25. The average molecular weight is 166 g/mol. The Hall–Kier alpha value is -0.430. The lowest BCUT2D eigenvalue weighted by Crippen LogP contribution is -1.81. The van der Waals surface area contributed by atoms with E-state index in [1.807, 2.05) is 11.8 Å². The standard InChI is InChI=1S/C10H14S/c1-4-11-10-7-8(2)5-6-9(10)3/h5-7H,4H2,1-3H3. The summed E-state index contributed by atoms with van der Waals surface area (Å²) in [6.45, 7) is 6.49. The van der Waals surface area contributed by atoms with Gasteiger partial charge in [-0.1, -0.05) is 24.6 Å². The van der Waals surface area contributed by atoms with Gasteiger partial charge >= 0.3 is 0 Å². The highest BCUT2D eigenvalue weighted by Gasteiger charge is 1.96. The molecule has 0 aliphatic heterocycles. The largest absolute Gasteiger partial charge is 0.126 e. The number of hydrogen-bond donors (Lipinski definition) is 0. The third-order valence-electron chi connectivity index (χ3n) is 1.64. The monoisotopic (exact) mass is 166 g/mol. The molecule has 0 aromatic heterocycles. The molecule has 0 amide bonds. The zero-order valence-electron chi connectivity index (χ0n) is 7.35. The van der Waals surface area contributed by atoms with E-state index in [9.17, 15) is 0 Å². The second kappa shape index (κ2) is 3.82. The molecule has 0 heterocycles. The van der Waals surface area contributed by atoms with Gasteiger partial charge in [-0.15, -0.1) is 11.8 Å². The molecule has 0 radical (unpaired) electrons. The van der Waals surface area contributed by atoms with Crippen LogP contribution in [0.4, 0.5) is 0 Å². The fourth-order valence-electron chi connectivity index (χ4n) is 1.02. The minimum atomic E-state index is 1.16. The summed E-state index contributed by atoms with van der Waals surface area (Å²) in [7, 11) is 0. The smallest absolute Gasteiger partial charge is 0.0104 e. The van der Waals surface area contributed by atoms with E-state index in [1.54, 1.807) is 0 Å². The van der Waals surface area contributed by atoms with Crippen LogP contribution in [0.25, 0.3) is 0 Å². The number of aryl methyl sites for hydroxylation is 2. The summed E-state index contributed by atoms with van der Waals surface area (Å²) in [6.07, 6.45) is 0. The van der Waals surface area contributed by atoms with Gasteiger partial charge in [0.1, 0.15) is 0 Å². The predicted molar refractivity (Wildman–Crippen MR) is 52.3 cm³/mol. The Morgan fingerprint density at radius 1 is 1.27 bits per heavy atom. The maximum Gasteiger partial charge on any atom is 0.0104 e. The van der Waals surface area contributed by atoms with E-state index < -0.39 is 0 Å². The Kier molecular flexibility index (Phi) is 3.01. The third kappa shape index (κ3) is 2.26. The second-order valence-electron chi connectivity index (χ2n) is 2.70. The lowest BCUT2D eigenvalue weighted by Gasteiger charge is -2.03. The summed E-state index contributed by atoms with van der Waals surface area (Å²) in [6, 6.07) is 6.60. The van der Waals surface area contributed by atoms with Crippen LogP contribution in [0.5, 0.6) is 0 Å². The first kappa shape index (κ1) is 8.66. The molecule has 0 spiro atoms. The second-order valence-corrected chi connectivity index (χ2v) is 4.01. The molecule has 11 heavy (non-hydrogen) atoms. The van der Waals surface area contributed by atoms with Crippen LogP contribution >= 0.6 is 11.8 Å². The minimum Gasteiger partial charge on any atom is -0.126 e. The predicted octanol–water partition coefficient (Wildman–Crippen LogP) is 3.42. The van der Waals surface area contributed by atoms with Crippen LogP contribution in [-0.4, -0.2) is 5.75 Å². The highest BCUT2D eigenvalue weighted by Crippen LogP contribution is 2.22. The van der Waals surface area contributed by atoms with Gasteiger partial charge in [0, 0.05) is 4.90 Å². The quantitative estimate of drug-likeness (QED) is 0.607. The zero-order valence-corrected chi connectivity index (χ0v) is 8.16. The van der Waals surface area contributed by atoms with E-state index in [2.05, 4.69) is 39.0 Å². The van der Waals surface area contributed by atoms with Gasteiger partial charge < -0.3 is 0 Å². The van der Waals surface area contributed by atoms with Crippen molar-refractivity contribution in [1.29, 1.82) is 0 Å². The minimum absolute atomic E-state index is 1.16.